The van der Waals surface area contributed by atoms with Crippen molar-refractivity contribution in [3.05, 3.63) is 40.6 Å². The molecule has 2 aromatic rings. The maximum atomic E-state index is 5.14. The molecule has 0 amide bonds. The smallest absolute Gasteiger partial charge is 0.157 e. The van der Waals surface area contributed by atoms with E-state index in [9.17, 15) is 0 Å². The molecule has 0 spiro atoms. The Morgan fingerprint density at radius 1 is 1.25 bits per heavy atom. The van der Waals surface area contributed by atoms with Crippen LogP contribution < -0.4 is 5.32 Å². The second-order valence-electron chi connectivity index (χ2n) is 4.42. The van der Waals surface area contributed by atoms with Crippen LogP contribution in [0.3, 0.4) is 0 Å². The summed E-state index contributed by atoms with van der Waals surface area (Å²) in [6.07, 6.45) is 1.05. The van der Waals surface area contributed by atoms with E-state index in [4.69, 9.17) is 4.74 Å². The minimum Gasteiger partial charge on any atom is -0.377 e. The summed E-state index contributed by atoms with van der Waals surface area (Å²) in [4.78, 5) is 9.00. The quantitative estimate of drug-likeness (QED) is 0.870. The monoisotopic (exact) mass is 335 g/mol. The number of rotatable bonds is 6. The molecule has 0 aliphatic heterocycles. The SMILES string of the molecule is CCCNc1cc(-c2cccc(Br)c2)nc(COC)n1. The van der Waals surface area contributed by atoms with Crippen molar-refractivity contribution in [3.63, 3.8) is 0 Å². The van der Waals surface area contributed by atoms with Crippen LogP contribution in [0, 0.1) is 0 Å². The average molecular weight is 336 g/mol. The lowest BCUT2D eigenvalue weighted by Gasteiger charge is -2.09. The molecule has 1 N–H and O–H groups in total. The molecule has 0 aliphatic rings. The molecule has 0 saturated heterocycles. The third-order valence-electron chi connectivity index (χ3n) is 2.72. The van der Waals surface area contributed by atoms with E-state index in [1.165, 1.54) is 0 Å². The number of anilines is 1. The minimum absolute atomic E-state index is 0.405. The highest BCUT2D eigenvalue weighted by atomic mass is 79.9. The molecule has 0 bridgehead atoms. The standard InChI is InChI=1S/C15H18BrN3O/c1-3-7-17-14-9-13(18-15(19-14)10-20-2)11-5-4-6-12(16)8-11/h4-6,8-9H,3,7,10H2,1-2H3,(H,17,18,19). The van der Waals surface area contributed by atoms with Gasteiger partial charge in [0.1, 0.15) is 12.4 Å². The number of aromatic nitrogens is 2. The summed E-state index contributed by atoms with van der Waals surface area (Å²) in [5.41, 5.74) is 1.95. The third kappa shape index (κ3) is 4.02. The van der Waals surface area contributed by atoms with Gasteiger partial charge in [-0.25, -0.2) is 9.97 Å². The Balaban J connectivity index is 2.37. The fourth-order valence-corrected chi connectivity index (χ4v) is 2.23. The predicted molar refractivity (Wildman–Crippen MR) is 84.7 cm³/mol. The lowest BCUT2D eigenvalue weighted by molar-refractivity contribution is 0.178. The summed E-state index contributed by atoms with van der Waals surface area (Å²) < 4.78 is 6.17. The summed E-state index contributed by atoms with van der Waals surface area (Å²) in [5.74, 6) is 1.52. The number of hydrogen-bond donors (Lipinski definition) is 1. The van der Waals surface area contributed by atoms with Gasteiger partial charge in [0.05, 0.1) is 5.69 Å². The Morgan fingerprint density at radius 2 is 2.10 bits per heavy atom. The van der Waals surface area contributed by atoms with Gasteiger partial charge in [0.25, 0.3) is 0 Å². The van der Waals surface area contributed by atoms with E-state index in [0.717, 1.165) is 34.5 Å². The van der Waals surface area contributed by atoms with Crippen LogP contribution in [-0.2, 0) is 11.3 Å². The molecule has 1 heterocycles. The zero-order valence-electron chi connectivity index (χ0n) is 11.7. The zero-order chi connectivity index (χ0) is 14.4. The highest BCUT2D eigenvalue weighted by molar-refractivity contribution is 9.10. The molecule has 20 heavy (non-hydrogen) atoms. The maximum absolute atomic E-state index is 5.14. The van der Waals surface area contributed by atoms with Crippen LogP contribution in [0.5, 0.6) is 0 Å². The van der Waals surface area contributed by atoms with Gasteiger partial charge in [-0.05, 0) is 18.6 Å². The number of nitrogens with zero attached hydrogens (tertiary/aromatic N) is 2. The topological polar surface area (TPSA) is 47.0 Å². The summed E-state index contributed by atoms with van der Waals surface area (Å²) in [6, 6.07) is 10.0. The van der Waals surface area contributed by atoms with Crippen LogP contribution in [-0.4, -0.2) is 23.6 Å². The van der Waals surface area contributed by atoms with Gasteiger partial charge in [0.15, 0.2) is 5.82 Å². The first-order chi connectivity index (χ1) is 9.72. The molecular weight excluding hydrogens is 318 g/mol. The van der Waals surface area contributed by atoms with Crippen molar-refractivity contribution in [2.24, 2.45) is 0 Å². The average Bonchev–Trinajstić information content (AvgIpc) is 2.45. The fourth-order valence-electron chi connectivity index (χ4n) is 1.83. The van der Waals surface area contributed by atoms with Gasteiger partial charge in [0, 0.05) is 29.8 Å². The summed E-state index contributed by atoms with van der Waals surface area (Å²) in [6.45, 7) is 3.42. The minimum atomic E-state index is 0.405. The highest BCUT2D eigenvalue weighted by Crippen LogP contribution is 2.23. The van der Waals surface area contributed by atoms with E-state index in [0.29, 0.717) is 12.4 Å². The maximum Gasteiger partial charge on any atom is 0.157 e. The van der Waals surface area contributed by atoms with Crippen LogP contribution in [0.15, 0.2) is 34.8 Å². The normalized spacial score (nSPS) is 10.6. The van der Waals surface area contributed by atoms with Crippen LogP contribution in [0.25, 0.3) is 11.3 Å². The van der Waals surface area contributed by atoms with E-state index in [2.05, 4.69) is 38.1 Å². The first kappa shape index (κ1) is 14.9. The number of benzene rings is 1. The number of nitrogens with one attached hydrogen (secondary N) is 1. The van der Waals surface area contributed by atoms with Gasteiger partial charge in [-0.2, -0.15) is 0 Å². The molecular formula is C15H18BrN3O. The van der Waals surface area contributed by atoms with Crippen molar-refractivity contribution in [1.29, 1.82) is 0 Å². The van der Waals surface area contributed by atoms with Crippen molar-refractivity contribution in [2.45, 2.75) is 20.0 Å². The van der Waals surface area contributed by atoms with E-state index < -0.39 is 0 Å². The van der Waals surface area contributed by atoms with Crippen molar-refractivity contribution >= 4 is 21.7 Å². The van der Waals surface area contributed by atoms with Gasteiger partial charge < -0.3 is 10.1 Å². The fraction of sp³-hybridized carbons (Fsp3) is 0.333. The van der Waals surface area contributed by atoms with E-state index in [1.54, 1.807) is 7.11 Å². The lowest BCUT2D eigenvalue weighted by atomic mass is 10.1. The summed E-state index contributed by atoms with van der Waals surface area (Å²) in [7, 11) is 1.65. The van der Waals surface area contributed by atoms with Crippen molar-refractivity contribution in [2.75, 3.05) is 19.0 Å². The molecule has 1 aromatic carbocycles. The van der Waals surface area contributed by atoms with Crippen molar-refractivity contribution in [1.82, 2.24) is 9.97 Å². The number of halogens is 1. The lowest BCUT2D eigenvalue weighted by Crippen LogP contribution is -2.06. The van der Waals surface area contributed by atoms with Gasteiger partial charge in [-0.15, -0.1) is 0 Å². The largest absolute Gasteiger partial charge is 0.377 e. The molecule has 0 saturated carbocycles. The Hall–Kier alpha value is -1.46. The van der Waals surface area contributed by atoms with Crippen LogP contribution in [0.1, 0.15) is 19.2 Å². The van der Waals surface area contributed by atoms with Gasteiger partial charge in [-0.3, -0.25) is 0 Å². The summed E-state index contributed by atoms with van der Waals surface area (Å²) in [5, 5.41) is 3.30. The first-order valence-corrected chi connectivity index (χ1v) is 7.39. The molecule has 5 heteroatoms. The van der Waals surface area contributed by atoms with Crippen molar-refractivity contribution in [3.8, 4) is 11.3 Å². The van der Waals surface area contributed by atoms with E-state index >= 15 is 0 Å². The number of hydrogen-bond acceptors (Lipinski definition) is 4. The molecule has 2 rings (SSSR count). The van der Waals surface area contributed by atoms with Gasteiger partial charge in [0.2, 0.25) is 0 Å². The molecule has 0 fully saturated rings. The molecule has 0 atom stereocenters. The molecule has 1 aromatic heterocycles. The molecule has 0 aliphatic carbocycles. The zero-order valence-corrected chi connectivity index (χ0v) is 13.3. The van der Waals surface area contributed by atoms with E-state index in [1.807, 2.05) is 30.3 Å². The Bertz CT molecular complexity index is 575. The number of methoxy groups -OCH3 is 1. The second kappa shape index (κ2) is 7.36. The van der Waals surface area contributed by atoms with Crippen LogP contribution >= 0.6 is 15.9 Å². The Morgan fingerprint density at radius 3 is 2.80 bits per heavy atom. The van der Waals surface area contributed by atoms with Crippen molar-refractivity contribution < 1.29 is 4.74 Å². The predicted octanol–water partition coefficient (Wildman–Crippen LogP) is 3.87. The first-order valence-electron chi connectivity index (χ1n) is 6.59. The van der Waals surface area contributed by atoms with Gasteiger partial charge in [-0.1, -0.05) is 35.0 Å². The highest BCUT2D eigenvalue weighted by Gasteiger charge is 2.07. The third-order valence-corrected chi connectivity index (χ3v) is 3.22. The molecule has 4 nitrogen and oxygen atoms in total. The van der Waals surface area contributed by atoms with Crippen LogP contribution in [0.4, 0.5) is 5.82 Å². The second-order valence-corrected chi connectivity index (χ2v) is 5.34. The number of ether oxygens (including phenoxy) is 1. The molecule has 0 unspecified atom stereocenters. The Labute approximate surface area is 127 Å². The molecule has 0 radical (unpaired) electrons. The summed E-state index contributed by atoms with van der Waals surface area (Å²) >= 11 is 3.49. The van der Waals surface area contributed by atoms with Gasteiger partial charge >= 0.3 is 0 Å². The Kier molecular flexibility index (Phi) is 5.49. The van der Waals surface area contributed by atoms with E-state index in [-0.39, 0.29) is 0 Å². The van der Waals surface area contributed by atoms with Crippen LogP contribution in [0.2, 0.25) is 0 Å². The molecule has 106 valence electrons.